The first-order chi connectivity index (χ1) is 8.08. The summed E-state index contributed by atoms with van der Waals surface area (Å²) >= 11 is 0. The van der Waals surface area contributed by atoms with Crippen molar-refractivity contribution in [2.75, 3.05) is 6.61 Å². The van der Waals surface area contributed by atoms with Crippen LogP contribution in [0.25, 0.3) is 0 Å². The Morgan fingerprint density at radius 3 is 2.41 bits per heavy atom. The van der Waals surface area contributed by atoms with Crippen molar-refractivity contribution in [1.82, 2.24) is 5.06 Å². The van der Waals surface area contributed by atoms with Crippen LogP contribution in [0.3, 0.4) is 0 Å². The standard InChI is InChI=1S/C9H9NO7/c11-6-1-2-7(12)10(6)17-9(14)16-5-3-4-15-8(5)13/h5H,1-4H2/t5-/m1/s1. The van der Waals surface area contributed by atoms with Crippen LogP contribution in [0.4, 0.5) is 4.79 Å². The molecule has 0 bridgehead atoms. The fraction of sp³-hybridized carbons (Fsp3) is 0.556. The second-order valence-corrected chi connectivity index (χ2v) is 3.49. The van der Waals surface area contributed by atoms with Crippen molar-refractivity contribution < 1.29 is 33.5 Å². The molecule has 0 aromatic heterocycles. The van der Waals surface area contributed by atoms with E-state index in [1.54, 1.807) is 0 Å². The minimum atomic E-state index is -1.27. The number of hydrogen-bond donors (Lipinski definition) is 0. The minimum absolute atomic E-state index is 0.00240. The number of cyclic esters (lactones) is 1. The highest BCUT2D eigenvalue weighted by Gasteiger charge is 2.36. The topological polar surface area (TPSA) is 99.2 Å². The molecule has 0 saturated carbocycles. The Morgan fingerprint density at radius 1 is 1.24 bits per heavy atom. The third-order valence-corrected chi connectivity index (χ3v) is 2.30. The largest absolute Gasteiger partial charge is 0.534 e. The normalized spacial score (nSPS) is 23.9. The molecule has 1 atom stereocenters. The first-order valence-corrected chi connectivity index (χ1v) is 4.99. The van der Waals surface area contributed by atoms with E-state index in [2.05, 4.69) is 14.3 Å². The number of imide groups is 1. The molecule has 0 N–H and O–H groups in total. The predicted octanol–water partition coefficient (Wildman–Crippen LogP) is -0.481. The van der Waals surface area contributed by atoms with Crippen molar-refractivity contribution in [3.8, 4) is 0 Å². The average molecular weight is 243 g/mol. The summed E-state index contributed by atoms with van der Waals surface area (Å²) in [7, 11) is 0. The van der Waals surface area contributed by atoms with E-state index in [0.717, 1.165) is 0 Å². The van der Waals surface area contributed by atoms with Gasteiger partial charge < -0.3 is 9.47 Å². The number of hydrogen-bond acceptors (Lipinski definition) is 7. The zero-order chi connectivity index (χ0) is 12.4. The van der Waals surface area contributed by atoms with Gasteiger partial charge in [0, 0.05) is 19.3 Å². The second-order valence-electron chi connectivity index (χ2n) is 3.49. The van der Waals surface area contributed by atoms with Crippen LogP contribution in [0.15, 0.2) is 0 Å². The monoisotopic (exact) mass is 243 g/mol. The van der Waals surface area contributed by atoms with Gasteiger partial charge in [-0.2, -0.15) is 0 Å². The number of rotatable bonds is 2. The molecule has 8 nitrogen and oxygen atoms in total. The molecule has 2 rings (SSSR count). The van der Waals surface area contributed by atoms with Gasteiger partial charge in [0.1, 0.15) is 0 Å². The number of ether oxygens (including phenoxy) is 2. The molecule has 2 aliphatic heterocycles. The maximum atomic E-state index is 11.2. The van der Waals surface area contributed by atoms with E-state index in [1.807, 2.05) is 0 Å². The molecule has 0 aromatic rings. The summed E-state index contributed by atoms with van der Waals surface area (Å²) in [5.41, 5.74) is 0. The van der Waals surface area contributed by atoms with Crippen LogP contribution in [0.1, 0.15) is 19.3 Å². The van der Waals surface area contributed by atoms with Crippen LogP contribution in [0, 0.1) is 0 Å². The molecule has 0 radical (unpaired) electrons. The summed E-state index contributed by atoms with van der Waals surface area (Å²) < 4.78 is 9.16. The number of carbonyl (C=O) groups is 4. The quantitative estimate of drug-likeness (QED) is 0.477. The molecule has 0 aromatic carbocycles. The van der Waals surface area contributed by atoms with E-state index in [-0.39, 0.29) is 25.9 Å². The summed E-state index contributed by atoms with van der Waals surface area (Å²) in [6, 6.07) is 0. The molecule has 2 aliphatic rings. The molecule has 2 heterocycles. The zero-order valence-corrected chi connectivity index (χ0v) is 8.71. The lowest BCUT2D eigenvalue weighted by Gasteiger charge is -2.13. The molecule has 0 aliphatic carbocycles. The van der Waals surface area contributed by atoms with Gasteiger partial charge in [0.15, 0.2) is 0 Å². The molecule has 0 spiro atoms. The van der Waals surface area contributed by atoms with Crippen molar-refractivity contribution in [3.63, 3.8) is 0 Å². The highest BCUT2D eigenvalue weighted by molar-refractivity contribution is 6.01. The number of nitrogens with zero attached hydrogens (tertiary/aromatic N) is 1. The second kappa shape index (κ2) is 4.40. The van der Waals surface area contributed by atoms with E-state index < -0.39 is 30.0 Å². The smallest absolute Gasteiger partial charge is 0.463 e. The summed E-state index contributed by atoms with van der Waals surface area (Å²) in [4.78, 5) is 48.8. The summed E-state index contributed by atoms with van der Waals surface area (Å²) in [6.07, 6.45) is -2.07. The van der Waals surface area contributed by atoms with E-state index >= 15 is 0 Å². The van der Waals surface area contributed by atoms with Gasteiger partial charge in [-0.1, -0.05) is 5.06 Å². The number of carbonyl (C=O) groups excluding carboxylic acids is 4. The molecule has 0 unspecified atom stereocenters. The van der Waals surface area contributed by atoms with Crippen LogP contribution < -0.4 is 0 Å². The fourth-order valence-corrected chi connectivity index (χ4v) is 1.45. The Kier molecular flexibility index (Phi) is 2.94. The molecular formula is C9H9NO7. The first kappa shape index (κ1) is 11.4. The van der Waals surface area contributed by atoms with E-state index in [0.29, 0.717) is 5.06 Å². The summed E-state index contributed by atoms with van der Waals surface area (Å²) in [6.45, 7) is 0.165. The third-order valence-electron chi connectivity index (χ3n) is 2.30. The predicted molar refractivity (Wildman–Crippen MR) is 48.0 cm³/mol. The zero-order valence-electron chi connectivity index (χ0n) is 8.71. The lowest BCUT2D eigenvalue weighted by molar-refractivity contribution is -0.179. The fourth-order valence-electron chi connectivity index (χ4n) is 1.45. The number of hydroxylamine groups is 2. The van der Waals surface area contributed by atoms with Crippen molar-refractivity contribution in [3.05, 3.63) is 0 Å². The highest BCUT2D eigenvalue weighted by atomic mass is 16.8. The van der Waals surface area contributed by atoms with E-state index in [4.69, 9.17) is 0 Å². The Morgan fingerprint density at radius 2 is 1.88 bits per heavy atom. The maximum Gasteiger partial charge on any atom is 0.534 e. The van der Waals surface area contributed by atoms with Crippen LogP contribution in [0.5, 0.6) is 0 Å². The Hall–Kier alpha value is -2.12. The highest BCUT2D eigenvalue weighted by Crippen LogP contribution is 2.15. The van der Waals surface area contributed by atoms with E-state index in [1.165, 1.54) is 0 Å². The lowest BCUT2D eigenvalue weighted by Crippen LogP contribution is -2.34. The molecule has 8 heteroatoms. The first-order valence-electron chi connectivity index (χ1n) is 4.99. The Balaban J connectivity index is 1.87. The Labute approximate surface area is 95.3 Å². The maximum absolute atomic E-state index is 11.2. The average Bonchev–Trinajstić information content (AvgIpc) is 2.80. The van der Waals surface area contributed by atoms with Gasteiger partial charge >= 0.3 is 12.1 Å². The molecular weight excluding hydrogens is 234 g/mol. The van der Waals surface area contributed by atoms with Gasteiger partial charge in [0.2, 0.25) is 6.10 Å². The van der Waals surface area contributed by atoms with Crippen molar-refractivity contribution in [2.24, 2.45) is 0 Å². The van der Waals surface area contributed by atoms with E-state index in [9.17, 15) is 19.2 Å². The molecule has 2 saturated heterocycles. The van der Waals surface area contributed by atoms with Crippen LogP contribution >= 0.6 is 0 Å². The Bertz CT molecular complexity index is 375. The van der Waals surface area contributed by atoms with Gasteiger partial charge in [-0.3, -0.25) is 14.4 Å². The molecule has 17 heavy (non-hydrogen) atoms. The van der Waals surface area contributed by atoms with Crippen molar-refractivity contribution >= 4 is 23.9 Å². The molecule has 2 fully saturated rings. The minimum Gasteiger partial charge on any atom is -0.463 e. The van der Waals surface area contributed by atoms with Gasteiger partial charge in [0.25, 0.3) is 11.8 Å². The lowest BCUT2D eigenvalue weighted by atomic mass is 10.3. The van der Waals surface area contributed by atoms with Gasteiger partial charge in [-0.15, -0.1) is 0 Å². The van der Waals surface area contributed by atoms with Gasteiger partial charge in [0.05, 0.1) is 6.61 Å². The van der Waals surface area contributed by atoms with Gasteiger partial charge in [-0.05, 0) is 0 Å². The number of amides is 2. The summed E-state index contributed by atoms with van der Waals surface area (Å²) in [5.74, 6) is -1.89. The van der Waals surface area contributed by atoms with Crippen LogP contribution in [-0.4, -0.2) is 41.7 Å². The van der Waals surface area contributed by atoms with Crippen LogP contribution in [-0.2, 0) is 28.7 Å². The molecule has 2 amide bonds. The summed E-state index contributed by atoms with van der Waals surface area (Å²) in [5, 5.41) is 0.350. The number of esters is 1. The van der Waals surface area contributed by atoms with Crippen molar-refractivity contribution in [2.45, 2.75) is 25.4 Å². The third kappa shape index (κ3) is 2.35. The molecule has 92 valence electrons. The van der Waals surface area contributed by atoms with Gasteiger partial charge in [-0.25, -0.2) is 9.59 Å². The SMILES string of the molecule is O=C(O[C@@H]1CCOC1=O)ON1C(=O)CCC1=O. The van der Waals surface area contributed by atoms with Crippen molar-refractivity contribution in [1.29, 1.82) is 0 Å². The van der Waals surface area contributed by atoms with Crippen LogP contribution in [0.2, 0.25) is 0 Å².